The average molecular weight is 342 g/mol. The van der Waals surface area contributed by atoms with E-state index in [0.717, 1.165) is 29.8 Å². The van der Waals surface area contributed by atoms with Gasteiger partial charge in [-0.15, -0.1) is 0 Å². The summed E-state index contributed by atoms with van der Waals surface area (Å²) in [5.41, 5.74) is 1.35. The van der Waals surface area contributed by atoms with Crippen LogP contribution < -0.4 is 10.2 Å². The Morgan fingerprint density at radius 2 is 2.00 bits per heavy atom. The lowest BCUT2D eigenvalue weighted by Crippen LogP contribution is -2.37. The second-order valence-electron chi connectivity index (χ2n) is 6.53. The van der Waals surface area contributed by atoms with Crippen molar-refractivity contribution in [2.75, 3.05) is 11.4 Å². The number of pyridine rings is 1. The summed E-state index contributed by atoms with van der Waals surface area (Å²) in [6.45, 7) is 15.1. The van der Waals surface area contributed by atoms with Crippen molar-refractivity contribution in [2.24, 2.45) is 0 Å². The smallest absolute Gasteiger partial charge is 0.133 e. The molecule has 20 heavy (non-hydrogen) atoms. The number of halogens is 1. The fourth-order valence-electron chi connectivity index (χ4n) is 2.07. The first-order valence-electron chi connectivity index (χ1n) is 7.40. The molecule has 0 saturated carbocycles. The van der Waals surface area contributed by atoms with Crippen LogP contribution in [0.25, 0.3) is 0 Å². The van der Waals surface area contributed by atoms with E-state index in [4.69, 9.17) is 0 Å². The molecule has 0 spiro atoms. The van der Waals surface area contributed by atoms with Gasteiger partial charge in [0, 0.05) is 40.9 Å². The minimum atomic E-state index is 0.104. The quantitative estimate of drug-likeness (QED) is 0.833. The third-order valence-electron chi connectivity index (χ3n) is 3.08. The normalized spacial score (nSPS) is 12.0. The fourth-order valence-corrected chi connectivity index (χ4v) is 2.45. The van der Waals surface area contributed by atoms with Gasteiger partial charge in [0.1, 0.15) is 5.82 Å². The number of hydrogen-bond donors (Lipinski definition) is 1. The van der Waals surface area contributed by atoms with Crippen molar-refractivity contribution in [2.45, 2.75) is 66.1 Å². The van der Waals surface area contributed by atoms with Crippen LogP contribution in [-0.2, 0) is 6.54 Å². The molecule has 0 aliphatic heterocycles. The molecular weight excluding hydrogens is 314 g/mol. The Morgan fingerprint density at radius 3 is 2.50 bits per heavy atom. The third-order valence-corrected chi connectivity index (χ3v) is 3.51. The van der Waals surface area contributed by atoms with Crippen molar-refractivity contribution in [1.29, 1.82) is 0 Å². The summed E-state index contributed by atoms with van der Waals surface area (Å²) in [6, 6.07) is 2.63. The molecule has 1 N–H and O–H groups in total. The van der Waals surface area contributed by atoms with Crippen LogP contribution in [0.5, 0.6) is 0 Å². The Morgan fingerprint density at radius 1 is 1.35 bits per heavy atom. The predicted molar refractivity (Wildman–Crippen MR) is 91.3 cm³/mol. The van der Waals surface area contributed by atoms with Crippen LogP contribution in [0.4, 0.5) is 5.82 Å². The number of aromatic nitrogens is 1. The van der Waals surface area contributed by atoms with E-state index in [9.17, 15) is 0 Å². The van der Waals surface area contributed by atoms with Gasteiger partial charge in [-0.25, -0.2) is 4.98 Å². The summed E-state index contributed by atoms with van der Waals surface area (Å²) in [5.74, 6) is 1.10. The highest BCUT2D eigenvalue weighted by Crippen LogP contribution is 2.24. The third kappa shape index (κ3) is 5.41. The van der Waals surface area contributed by atoms with Crippen LogP contribution in [0.2, 0.25) is 0 Å². The van der Waals surface area contributed by atoms with Gasteiger partial charge in [-0.05, 0) is 63.0 Å². The van der Waals surface area contributed by atoms with Crippen LogP contribution in [0.1, 0.15) is 53.5 Å². The summed E-state index contributed by atoms with van der Waals surface area (Å²) in [4.78, 5) is 7.04. The SMILES string of the molecule is CCCN(c1ncc(Br)cc1CNC(C)(C)C)C(C)C. The molecule has 1 heterocycles. The molecule has 0 aromatic carbocycles. The molecule has 0 aliphatic rings. The molecule has 0 aliphatic carbocycles. The van der Waals surface area contributed by atoms with Crippen LogP contribution in [0, 0.1) is 0 Å². The zero-order valence-corrected chi connectivity index (χ0v) is 15.2. The van der Waals surface area contributed by atoms with Gasteiger partial charge in [0.25, 0.3) is 0 Å². The molecule has 4 heteroatoms. The number of anilines is 1. The second kappa shape index (κ2) is 7.41. The molecule has 0 saturated heterocycles. The van der Waals surface area contributed by atoms with Crippen LogP contribution in [0.15, 0.2) is 16.7 Å². The van der Waals surface area contributed by atoms with E-state index in [1.807, 2.05) is 6.20 Å². The largest absolute Gasteiger partial charge is 0.354 e. The first kappa shape index (κ1) is 17.4. The molecule has 0 fully saturated rings. The number of nitrogens with one attached hydrogen (secondary N) is 1. The summed E-state index contributed by atoms with van der Waals surface area (Å²) in [5, 5.41) is 3.55. The van der Waals surface area contributed by atoms with Crippen molar-refractivity contribution < 1.29 is 0 Å². The highest BCUT2D eigenvalue weighted by molar-refractivity contribution is 9.10. The van der Waals surface area contributed by atoms with Gasteiger partial charge in [0.05, 0.1) is 0 Å². The molecule has 0 radical (unpaired) electrons. The van der Waals surface area contributed by atoms with Gasteiger partial charge in [0.15, 0.2) is 0 Å². The van der Waals surface area contributed by atoms with Gasteiger partial charge in [-0.2, -0.15) is 0 Å². The molecule has 1 aromatic heterocycles. The molecule has 1 aromatic rings. The summed E-state index contributed by atoms with van der Waals surface area (Å²) in [7, 11) is 0. The molecule has 114 valence electrons. The van der Waals surface area contributed by atoms with E-state index >= 15 is 0 Å². The first-order valence-corrected chi connectivity index (χ1v) is 8.20. The lowest BCUT2D eigenvalue weighted by molar-refractivity contribution is 0.423. The summed E-state index contributed by atoms with van der Waals surface area (Å²) in [6.07, 6.45) is 3.02. The van der Waals surface area contributed by atoms with Crippen molar-refractivity contribution in [3.05, 3.63) is 22.3 Å². The Hall–Kier alpha value is -0.610. The molecular formula is C16H28BrN3. The van der Waals surface area contributed by atoms with E-state index in [1.54, 1.807) is 0 Å². The number of hydrogen-bond acceptors (Lipinski definition) is 3. The van der Waals surface area contributed by atoms with Gasteiger partial charge < -0.3 is 10.2 Å². The van der Waals surface area contributed by atoms with Crippen molar-refractivity contribution in [1.82, 2.24) is 10.3 Å². The molecule has 0 bridgehead atoms. The maximum atomic E-state index is 4.66. The predicted octanol–water partition coefficient (Wildman–Crippen LogP) is 4.36. The van der Waals surface area contributed by atoms with E-state index < -0.39 is 0 Å². The minimum absolute atomic E-state index is 0.104. The number of nitrogens with zero attached hydrogens (tertiary/aromatic N) is 2. The zero-order valence-electron chi connectivity index (χ0n) is 13.6. The topological polar surface area (TPSA) is 28.2 Å². The van der Waals surface area contributed by atoms with E-state index in [0.29, 0.717) is 6.04 Å². The Balaban J connectivity index is 3.05. The Kier molecular flexibility index (Phi) is 6.46. The van der Waals surface area contributed by atoms with Gasteiger partial charge in [-0.3, -0.25) is 0 Å². The lowest BCUT2D eigenvalue weighted by atomic mass is 10.1. The minimum Gasteiger partial charge on any atom is -0.354 e. The van der Waals surface area contributed by atoms with Crippen molar-refractivity contribution in [3.63, 3.8) is 0 Å². The summed E-state index contributed by atoms with van der Waals surface area (Å²) >= 11 is 3.53. The highest BCUT2D eigenvalue weighted by atomic mass is 79.9. The standard InChI is InChI=1S/C16H28BrN3/c1-7-8-20(12(2)3)15-13(9-14(17)11-18-15)10-19-16(4,5)6/h9,11-12,19H,7-8,10H2,1-6H3. The molecule has 1 rings (SSSR count). The second-order valence-corrected chi connectivity index (χ2v) is 7.44. The maximum absolute atomic E-state index is 4.66. The first-order chi connectivity index (χ1) is 9.24. The molecule has 0 amide bonds. The van der Waals surface area contributed by atoms with Gasteiger partial charge in [-0.1, -0.05) is 6.92 Å². The van der Waals surface area contributed by atoms with E-state index in [2.05, 4.69) is 78.7 Å². The maximum Gasteiger partial charge on any atom is 0.133 e. The van der Waals surface area contributed by atoms with Crippen molar-refractivity contribution >= 4 is 21.7 Å². The molecule has 0 atom stereocenters. The molecule has 3 nitrogen and oxygen atoms in total. The van der Waals surface area contributed by atoms with Crippen LogP contribution >= 0.6 is 15.9 Å². The summed E-state index contributed by atoms with van der Waals surface area (Å²) < 4.78 is 1.03. The Labute approximate surface area is 132 Å². The van der Waals surface area contributed by atoms with Gasteiger partial charge in [0.2, 0.25) is 0 Å². The van der Waals surface area contributed by atoms with Crippen molar-refractivity contribution in [3.8, 4) is 0 Å². The fraction of sp³-hybridized carbons (Fsp3) is 0.688. The lowest BCUT2D eigenvalue weighted by Gasteiger charge is -2.30. The van der Waals surface area contributed by atoms with E-state index in [1.165, 1.54) is 5.56 Å². The zero-order chi connectivity index (χ0) is 15.3. The number of rotatable bonds is 6. The Bertz CT molecular complexity index is 424. The van der Waals surface area contributed by atoms with Gasteiger partial charge >= 0.3 is 0 Å². The average Bonchev–Trinajstić information content (AvgIpc) is 2.33. The van der Waals surface area contributed by atoms with Crippen LogP contribution in [-0.4, -0.2) is 23.1 Å². The van der Waals surface area contributed by atoms with Crippen LogP contribution in [0.3, 0.4) is 0 Å². The monoisotopic (exact) mass is 341 g/mol. The molecule has 0 unspecified atom stereocenters. The van der Waals surface area contributed by atoms with E-state index in [-0.39, 0.29) is 5.54 Å². The highest BCUT2D eigenvalue weighted by Gasteiger charge is 2.17.